The second-order valence-electron chi connectivity index (χ2n) is 4.06. The van der Waals surface area contributed by atoms with Crippen molar-refractivity contribution < 1.29 is 9.53 Å². The zero-order valence-electron chi connectivity index (χ0n) is 11.4. The van der Waals surface area contributed by atoms with Crippen LogP contribution in [0.4, 0.5) is 0 Å². The topological polar surface area (TPSA) is 50.7 Å². The quantitative estimate of drug-likeness (QED) is 0.678. The van der Waals surface area contributed by atoms with Crippen LogP contribution >= 0.6 is 11.3 Å². The van der Waals surface area contributed by atoms with Gasteiger partial charge < -0.3 is 4.74 Å². The van der Waals surface area contributed by atoms with E-state index in [1.165, 1.54) is 11.3 Å². The number of amides is 1. The van der Waals surface area contributed by atoms with E-state index in [4.69, 9.17) is 4.74 Å². The van der Waals surface area contributed by atoms with E-state index >= 15 is 0 Å². The normalized spacial score (nSPS) is 11.2. The van der Waals surface area contributed by atoms with E-state index in [0.29, 0.717) is 4.88 Å². The van der Waals surface area contributed by atoms with E-state index in [2.05, 4.69) is 10.5 Å². The molecule has 1 N–H and O–H groups in total. The van der Waals surface area contributed by atoms with Crippen molar-refractivity contribution in [3.63, 3.8) is 0 Å². The van der Waals surface area contributed by atoms with Crippen molar-refractivity contribution in [2.24, 2.45) is 5.10 Å². The molecule has 2 aromatic rings. The van der Waals surface area contributed by atoms with Crippen LogP contribution in [0.2, 0.25) is 0 Å². The van der Waals surface area contributed by atoms with E-state index in [1.54, 1.807) is 13.2 Å². The lowest BCUT2D eigenvalue weighted by atomic mass is 10.1. The molecule has 1 heterocycles. The van der Waals surface area contributed by atoms with Crippen LogP contribution in [0.3, 0.4) is 0 Å². The molecule has 0 spiro atoms. The van der Waals surface area contributed by atoms with Crippen LogP contribution in [0.1, 0.15) is 28.6 Å². The van der Waals surface area contributed by atoms with Crippen LogP contribution in [-0.4, -0.2) is 18.7 Å². The minimum atomic E-state index is -0.181. The Labute approximate surface area is 122 Å². The largest absolute Gasteiger partial charge is 0.497 e. The Morgan fingerprint density at radius 1 is 1.30 bits per heavy atom. The molecule has 0 atom stereocenters. The summed E-state index contributed by atoms with van der Waals surface area (Å²) in [5.74, 6) is 0.617. The number of methoxy groups -OCH3 is 1. The summed E-state index contributed by atoms with van der Waals surface area (Å²) in [6, 6.07) is 11.2. The average molecular weight is 288 g/mol. The fourth-order valence-corrected chi connectivity index (χ4v) is 2.33. The molecule has 20 heavy (non-hydrogen) atoms. The van der Waals surface area contributed by atoms with E-state index < -0.39 is 0 Å². The van der Waals surface area contributed by atoms with Crippen molar-refractivity contribution in [2.75, 3.05) is 7.11 Å². The molecule has 0 aliphatic carbocycles. The lowest BCUT2D eigenvalue weighted by Crippen LogP contribution is -2.18. The summed E-state index contributed by atoms with van der Waals surface area (Å²) in [5, 5.41) is 6.07. The Morgan fingerprint density at radius 2 is 2.05 bits per heavy atom. The predicted molar refractivity (Wildman–Crippen MR) is 81.6 cm³/mol. The number of thiophene rings is 1. The third kappa shape index (κ3) is 3.45. The maximum Gasteiger partial charge on any atom is 0.281 e. The highest BCUT2D eigenvalue weighted by atomic mass is 32.1. The minimum absolute atomic E-state index is 0.181. The van der Waals surface area contributed by atoms with Crippen LogP contribution in [-0.2, 0) is 0 Å². The van der Waals surface area contributed by atoms with E-state index in [1.807, 2.05) is 42.6 Å². The maximum atomic E-state index is 11.8. The van der Waals surface area contributed by atoms with Crippen LogP contribution in [0, 0.1) is 0 Å². The number of hydrogen-bond donors (Lipinski definition) is 1. The summed E-state index contributed by atoms with van der Waals surface area (Å²) in [6.45, 7) is 2.00. The fourth-order valence-electron chi connectivity index (χ4n) is 1.71. The zero-order chi connectivity index (χ0) is 14.4. The van der Waals surface area contributed by atoms with Crippen molar-refractivity contribution in [1.29, 1.82) is 0 Å². The molecule has 2 rings (SSSR count). The third-order valence-corrected chi connectivity index (χ3v) is 3.66. The van der Waals surface area contributed by atoms with E-state index in [9.17, 15) is 4.79 Å². The molecule has 0 aliphatic rings. The predicted octanol–water partition coefficient (Wildman–Crippen LogP) is 3.30. The molecule has 1 amide bonds. The standard InChI is InChI=1S/C15H16N2O2S/c1-3-13(11-6-8-12(19-2)9-7-11)16-17-15(18)14-5-4-10-20-14/h4-10H,3H2,1-2H3,(H,17,18)/b16-13-. The summed E-state index contributed by atoms with van der Waals surface area (Å²) in [4.78, 5) is 12.5. The number of rotatable bonds is 5. The molecule has 1 aromatic heterocycles. The third-order valence-electron chi connectivity index (χ3n) is 2.80. The number of hydrazone groups is 1. The summed E-state index contributed by atoms with van der Waals surface area (Å²) >= 11 is 1.39. The van der Waals surface area contributed by atoms with Crippen molar-refractivity contribution in [2.45, 2.75) is 13.3 Å². The molecule has 1 aromatic carbocycles. The van der Waals surface area contributed by atoms with Crippen molar-refractivity contribution in [1.82, 2.24) is 5.43 Å². The van der Waals surface area contributed by atoms with Gasteiger partial charge in [-0.05, 0) is 47.7 Å². The molecule has 104 valence electrons. The molecule has 0 saturated heterocycles. The number of ether oxygens (including phenoxy) is 1. The first-order valence-electron chi connectivity index (χ1n) is 6.29. The van der Waals surface area contributed by atoms with Gasteiger partial charge in [0.25, 0.3) is 5.91 Å². The number of benzene rings is 1. The maximum absolute atomic E-state index is 11.8. The highest BCUT2D eigenvalue weighted by molar-refractivity contribution is 7.12. The molecule has 4 nitrogen and oxygen atoms in total. The minimum Gasteiger partial charge on any atom is -0.497 e. The second-order valence-corrected chi connectivity index (χ2v) is 5.01. The summed E-state index contributed by atoms with van der Waals surface area (Å²) in [7, 11) is 1.63. The molecule has 0 radical (unpaired) electrons. The van der Waals surface area contributed by atoms with E-state index in [0.717, 1.165) is 23.4 Å². The Kier molecular flexibility index (Phi) is 4.90. The van der Waals surface area contributed by atoms with Crippen LogP contribution < -0.4 is 10.2 Å². The van der Waals surface area contributed by atoms with Crippen molar-refractivity contribution >= 4 is 23.0 Å². The Morgan fingerprint density at radius 3 is 2.60 bits per heavy atom. The van der Waals surface area contributed by atoms with E-state index in [-0.39, 0.29) is 5.91 Å². The molecule has 5 heteroatoms. The number of carbonyl (C=O) groups is 1. The van der Waals surface area contributed by atoms with Gasteiger partial charge in [0.2, 0.25) is 0 Å². The lowest BCUT2D eigenvalue weighted by molar-refractivity contribution is 0.0959. The number of hydrogen-bond acceptors (Lipinski definition) is 4. The first kappa shape index (κ1) is 14.3. The highest BCUT2D eigenvalue weighted by Crippen LogP contribution is 2.13. The SMILES string of the molecule is CC/C(=N/NC(=O)c1cccs1)c1ccc(OC)cc1. The Hall–Kier alpha value is -2.14. The van der Waals surface area contributed by atoms with Crippen LogP contribution in [0.25, 0.3) is 0 Å². The monoisotopic (exact) mass is 288 g/mol. The van der Waals surface area contributed by atoms with Crippen LogP contribution in [0.15, 0.2) is 46.9 Å². The van der Waals surface area contributed by atoms with Gasteiger partial charge in [-0.1, -0.05) is 13.0 Å². The Bertz CT molecular complexity index is 589. The number of carbonyl (C=O) groups excluding carboxylic acids is 1. The van der Waals surface area contributed by atoms with Gasteiger partial charge in [0.1, 0.15) is 5.75 Å². The molecule has 0 fully saturated rings. The first-order valence-corrected chi connectivity index (χ1v) is 7.17. The molecule has 0 saturated carbocycles. The molecular formula is C15H16N2O2S. The second kappa shape index (κ2) is 6.86. The number of nitrogens with one attached hydrogen (secondary N) is 1. The van der Waals surface area contributed by atoms with Gasteiger partial charge >= 0.3 is 0 Å². The van der Waals surface area contributed by atoms with Gasteiger partial charge in [0.05, 0.1) is 17.7 Å². The fraction of sp³-hybridized carbons (Fsp3) is 0.200. The summed E-state index contributed by atoms with van der Waals surface area (Å²) in [6.07, 6.45) is 0.733. The zero-order valence-corrected chi connectivity index (χ0v) is 12.2. The van der Waals surface area contributed by atoms with Crippen molar-refractivity contribution in [3.8, 4) is 5.75 Å². The van der Waals surface area contributed by atoms with Gasteiger partial charge in [0.15, 0.2) is 0 Å². The molecule has 0 unspecified atom stereocenters. The van der Waals surface area contributed by atoms with Gasteiger partial charge in [-0.25, -0.2) is 5.43 Å². The smallest absolute Gasteiger partial charge is 0.281 e. The lowest BCUT2D eigenvalue weighted by Gasteiger charge is -2.06. The van der Waals surface area contributed by atoms with Gasteiger partial charge in [-0.3, -0.25) is 4.79 Å². The summed E-state index contributed by atoms with van der Waals surface area (Å²) in [5.41, 5.74) is 4.39. The number of nitrogens with zero attached hydrogens (tertiary/aromatic N) is 1. The molecular weight excluding hydrogens is 272 g/mol. The first-order chi connectivity index (χ1) is 9.74. The van der Waals surface area contributed by atoms with Gasteiger partial charge in [-0.2, -0.15) is 5.10 Å². The Balaban J connectivity index is 2.10. The average Bonchev–Trinajstić information content (AvgIpc) is 3.02. The van der Waals surface area contributed by atoms with Gasteiger partial charge in [-0.15, -0.1) is 11.3 Å². The van der Waals surface area contributed by atoms with Gasteiger partial charge in [0, 0.05) is 0 Å². The molecule has 0 bridgehead atoms. The van der Waals surface area contributed by atoms with Crippen molar-refractivity contribution in [3.05, 3.63) is 52.2 Å². The summed E-state index contributed by atoms with van der Waals surface area (Å²) < 4.78 is 5.12. The highest BCUT2D eigenvalue weighted by Gasteiger charge is 2.06. The van der Waals surface area contributed by atoms with Crippen LogP contribution in [0.5, 0.6) is 5.75 Å². The molecule has 0 aliphatic heterocycles.